The smallest absolute Gasteiger partial charge is 0.280 e. The van der Waals surface area contributed by atoms with Crippen molar-refractivity contribution in [2.75, 3.05) is 27.2 Å². The van der Waals surface area contributed by atoms with E-state index in [2.05, 4.69) is 30.9 Å². The molecule has 0 saturated heterocycles. The summed E-state index contributed by atoms with van der Waals surface area (Å²) in [5.74, 6) is -0.202. The number of likely N-dealkylation sites (N-methyl/N-ethyl adjacent to an activating group) is 1. The number of nitrogens with zero attached hydrogens (tertiary/aromatic N) is 3. The van der Waals surface area contributed by atoms with Crippen LogP contribution in [0.15, 0.2) is 46.2 Å². The van der Waals surface area contributed by atoms with Crippen LogP contribution in [0.1, 0.15) is 63.9 Å². The fourth-order valence-electron chi connectivity index (χ4n) is 3.62. The molecule has 8 heteroatoms. The number of carbonyl (C=O) groups excluding carboxylic acids is 2. The first-order valence-electron chi connectivity index (χ1n) is 11.1. The zero-order chi connectivity index (χ0) is 25.2. The first-order chi connectivity index (χ1) is 15.9. The van der Waals surface area contributed by atoms with Gasteiger partial charge in [0, 0.05) is 11.4 Å². The van der Waals surface area contributed by atoms with Crippen molar-refractivity contribution in [1.29, 1.82) is 0 Å². The molecule has 0 fully saturated rings. The Morgan fingerprint density at radius 2 is 1.62 bits per heavy atom. The van der Waals surface area contributed by atoms with Gasteiger partial charge in [0.25, 0.3) is 5.56 Å². The quantitative estimate of drug-likeness (QED) is 0.385. The lowest BCUT2D eigenvalue weighted by atomic mass is 9.87. The number of carbonyl (C=O) groups is 2. The van der Waals surface area contributed by atoms with E-state index in [0.717, 1.165) is 5.69 Å². The average molecular weight is 481 g/mol. The molecule has 0 bridgehead atoms. The summed E-state index contributed by atoms with van der Waals surface area (Å²) in [6.45, 7) is 10.2. The molecule has 0 aliphatic heterocycles. The first-order valence-corrected chi connectivity index (χ1v) is 11.9. The highest BCUT2D eigenvalue weighted by atomic mass is 32.1. The number of rotatable bonds is 8. The summed E-state index contributed by atoms with van der Waals surface area (Å²) >= 11 is 1.18. The van der Waals surface area contributed by atoms with E-state index in [4.69, 9.17) is 0 Å². The fourth-order valence-corrected chi connectivity index (χ4v) is 4.48. The monoisotopic (exact) mass is 480 g/mol. The van der Waals surface area contributed by atoms with Gasteiger partial charge >= 0.3 is 0 Å². The van der Waals surface area contributed by atoms with E-state index in [-0.39, 0.29) is 29.1 Å². The van der Waals surface area contributed by atoms with E-state index in [1.165, 1.54) is 21.6 Å². The second kappa shape index (κ2) is 10.0. The van der Waals surface area contributed by atoms with Crippen LogP contribution in [0.2, 0.25) is 0 Å². The number of H-pyrrole nitrogens is 1. The lowest BCUT2D eigenvalue weighted by Crippen LogP contribution is -2.20. The molecular formula is C26H32N4O3S. The minimum absolute atomic E-state index is 0.0206. The van der Waals surface area contributed by atoms with Crippen molar-refractivity contribution in [1.82, 2.24) is 14.7 Å². The second-order valence-corrected chi connectivity index (χ2v) is 10.8. The molecular weight excluding hydrogens is 448 g/mol. The van der Waals surface area contributed by atoms with E-state index >= 15 is 0 Å². The molecule has 0 spiro atoms. The summed E-state index contributed by atoms with van der Waals surface area (Å²) in [5, 5.41) is 3.12. The maximum atomic E-state index is 13.1. The normalized spacial score (nSPS) is 12.4. The molecule has 0 amide bonds. The van der Waals surface area contributed by atoms with Crippen molar-refractivity contribution in [2.24, 2.45) is 4.99 Å². The maximum absolute atomic E-state index is 13.1. The summed E-state index contributed by atoms with van der Waals surface area (Å²) in [4.78, 5) is 45.2. The Labute approximate surface area is 204 Å². The Morgan fingerprint density at radius 1 is 1.03 bits per heavy atom. The highest BCUT2D eigenvalue weighted by Gasteiger charge is 2.18. The summed E-state index contributed by atoms with van der Waals surface area (Å²) in [6, 6.07) is 11.2. The molecule has 1 N–H and O–H groups in total. The van der Waals surface area contributed by atoms with Crippen LogP contribution in [0.4, 0.5) is 0 Å². The number of hydrogen-bond acceptors (Lipinski definition) is 6. The summed E-state index contributed by atoms with van der Waals surface area (Å²) < 4.78 is 1.50. The van der Waals surface area contributed by atoms with Gasteiger partial charge in [0.1, 0.15) is 6.54 Å². The molecule has 3 aromatic rings. The van der Waals surface area contributed by atoms with E-state index in [1.54, 1.807) is 24.0 Å². The minimum Gasteiger partial charge on any atom is -0.302 e. The van der Waals surface area contributed by atoms with Gasteiger partial charge in [0.05, 0.1) is 27.5 Å². The number of aryl methyl sites for hydroxylation is 1. The van der Waals surface area contributed by atoms with Crippen LogP contribution in [0.3, 0.4) is 0 Å². The second-order valence-electron chi connectivity index (χ2n) is 9.70. The van der Waals surface area contributed by atoms with E-state index < -0.39 is 0 Å². The Hall–Kier alpha value is -3.10. The molecule has 34 heavy (non-hydrogen) atoms. The third-order valence-electron chi connectivity index (χ3n) is 5.50. The van der Waals surface area contributed by atoms with Crippen LogP contribution >= 0.6 is 11.3 Å². The highest BCUT2D eigenvalue weighted by Crippen LogP contribution is 2.23. The lowest BCUT2D eigenvalue weighted by molar-refractivity contribution is 0.0961. The number of aliphatic imine (C=N–C) groups is 1. The van der Waals surface area contributed by atoms with Crippen LogP contribution in [-0.4, -0.2) is 59.1 Å². The van der Waals surface area contributed by atoms with Crippen molar-refractivity contribution in [2.45, 2.75) is 40.0 Å². The standard InChI is InChI=1S/C26H32N4O3S/c1-16(27-14-20(31)22-12-13-23(34-22)21(32)15-29(6)7)24-17(2)28-30(25(24)33)19-10-8-18(9-11-19)26(3,4)5/h8-13,28H,14-15H2,1-7H3. The van der Waals surface area contributed by atoms with Gasteiger partial charge in [-0.25, -0.2) is 4.68 Å². The summed E-state index contributed by atoms with van der Waals surface area (Å²) in [5.41, 5.74) is 3.39. The summed E-state index contributed by atoms with van der Waals surface area (Å²) in [6.07, 6.45) is 0. The third-order valence-corrected chi connectivity index (χ3v) is 6.67. The van der Waals surface area contributed by atoms with Crippen LogP contribution in [0.25, 0.3) is 5.69 Å². The molecule has 7 nitrogen and oxygen atoms in total. The number of aromatic amines is 1. The molecule has 180 valence electrons. The van der Waals surface area contributed by atoms with Crippen molar-refractivity contribution >= 4 is 28.6 Å². The predicted molar refractivity (Wildman–Crippen MR) is 138 cm³/mol. The van der Waals surface area contributed by atoms with Crippen LogP contribution < -0.4 is 5.56 Å². The van der Waals surface area contributed by atoms with Crippen LogP contribution in [0, 0.1) is 6.92 Å². The topological polar surface area (TPSA) is 87.5 Å². The molecule has 2 heterocycles. The van der Waals surface area contributed by atoms with E-state index in [9.17, 15) is 14.4 Å². The molecule has 1 aromatic carbocycles. The zero-order valence-corrected chi connectivity index (χ0v) is 21.7. The average Bonchev–Trinajstić information content (AvgIpc) is 3.36. The van der Waals surface area contributed by atoms with Gasteiger partial charge < -0.3 is 4.90 Å². The number of aromatic nitrogens is 2. The Bertz CT molecular complexity index is 1280. The number of ketones is 2. The van der Waals surface area contributed by atoms with Gasteiger partial charge in [-0.15, -0.1) is 11.3 Å². The van der Waals surface area contributed by atoms with Gasteiger partial charge in [0.15, 0.2) is 11.6 Å². The Kier molecular flexibility index (Phi) is 7.53. The highest BCUT2D eigenvalue weighted by molar-refractivity contribution is 7.16. The van der Waals surface area contributed by atoms with Gasteiger partial charge in [-0.1, -0.05) is 32.9 Å². The van der Waals surface area contributed by atoms with Gasteiger partial charge in [-0.2, -0.15) is 0 Å². The van der Waals surface area contributed by atoms with Crippen LogP contribution in [0.5, 0.6) is 0 Å². The number of thiophene rings is 1. The van der Waals surface area contributed by atoms with Crippen molar-refractivity contribution in [3.63, 3.8) is 0 Å². The zero-order valence-electron chi connectivity index (χ0n) is 20.9. The largest absolute Gasteiger partial charge is 0.302 e. The van der Waals surface area contributed by atoms with Crippen molar-refractivity contribution in [3.8, 4) is 5.69 Å². The Morgan fingerprint density at radius 3 is 2.18 bits per heavy atom. The van der Waals surface area contributed by atoms with E-state index in [0.29, 0.717) is 33.3 Å². The summed E-state index contributed by atoms with van der Waals surface area (Å²) in [7, 11) is 3.65. The first kappa shape index (κ1) is 25.5. The fraction of sp³-hybridized carbons (Fsp3) is 0.385. The van der Waals surface area contributed by atoms with Crippen molar-refractivity contribution in [3.05, 3.63) is 73.3 Å². The van der Waals surface area contributed by atoms with Crippen molar-refractivity contribution < 1.29 is 9.59 Å². The van der Waals surface area contributed by atoms with E-state index in [1.807, 2.05) is 45.3 Å². The SMILES string of the molecule is CC(=NCC(=O)c1ccc(C(=O)CN(C)C)s1)c1c(C)[nH]n(-c2ccc(C(C)(C)C)cc2)c1=O. The Balaban J connectivity index is 1.78. The minimum atomic E-state index is -0.206. The number of Topliss-reactive ketones (excluding diaryl/α,β-unsaturated/α-hetero) is 2. The predicted octanol–water partition coefficient (Wildman–Crippen LogP) is 4.27. The van der Waals surface area contributed by atoms with Gasteiger partial charge in [-0.05, 0) is 63.2 Å². The molecule has 0 atom stereocenters. The number of benzene rings is 1. The van der Waals surface area contributed by atoms with Gasteiger partial charge in [-0.3, -0.25) is 24.5 Å². The molecule has 3 rings (SSSR count). The molecule has 0 unspecified atom stereocenters. The maximum Gasteiger partial charge on any atom is 0.280 e. The molecule has 0 saturated carbocycles. The van der Waals surface area contributed by atoms with Crippen LogP contribution in [-0.2, 0) is 5.41 Å². The molecule has 2 aromatic heterocycles. The number of hydrogen-bond donors (Lipinski definition) is 1. The third kappa shape index (κ3) is 5.69. The molecule has 0 radical (unpaired) electrons. The number of nitrogens with one attached hydrogen (secondary N) is 1. The molecule has 0 aliphatic carbocycles. The lowest BCUT2D eigenvalue weighted by Gasteiger charge is -2.19. The van der Waals surface area contributed by atoms with Gasteiger partial charge in [0.2, 0.25) is 0 Å². The molecule has 0 aliphatic rings.